The molecule has 0 spiro atoms. The quantitative estimate of drug-likeness (QED) is 0.602. The van der Waals surface area contributed by atoms with Crippen LogP contribution in [-0.2, 0) is 9.59 Å². The van der Waals surface area contributed by atoms with Crippen LogP contribution in [0.3, 0.4) is 0 Å². The Morgan fingerprint density at radius 2 is 2.19 bits per heavy atom. The second kappa shape index (κ2) is 6.11. The number of hydrogen-bond donors (Lipinski definition) is 2. The number of imide groups is 1. The number of carbonyl (C=O) groups excluding carboxylic acids is 2. The highest BCUT2D eigenvalue weighted by atomic mass is 16.5. The largest absolute Gasteiger partial charge is 0.495 e. The van der Waals surface area contributed by atoms with E-state index in [-0.39, 0.29) is 18.8 Å². The second-order valence-electron chi connectivity index (χ2n) is 4.26. The Morgan fingerprint density at radius 3 is 2.81 bits per heavy atom. The molecule has 0 radical (unpaired) electrons. The highest BCUT2D eigenvalue weighted by Gasteiger charge is 2.30. The third-order valence-corrected chi connectivity index (χ3v) is 2.97. The van der Waals surface area contributed by atoms with Gasteiger partial charge in [0.1, 0.15) is 11.4 Å². The monoisotopic (exact) mass is 286 g/mol. The first-order valence-electron chi connectivity index (χ1n) is 6.20. The van der Waals surface area contributed by atoms with E-state index in [2.05, 4.69) is 11.2 Å². The van der Waals surface area contributed by atoms with E-state index in [9.17, 15) is 9.59 Å². The molecule has 2 amide bonds. The fraction of sp³-hybridized carbons (Fsp3) is 0.200. The zero-order valence-electron chi connectivity index (χ0n) is 11.4. The molecular weight excluding hydrogens is 272 g/mol. The summed E-state index contributed by atoms with van der Waals surface area (Å²) < 4.78 is 5.11. The molecule has 0 fully saturated rings. The van der Waals surface area contributed by atoms with Gasteiger partial charge in [-0.1, -0.05) is 5.92 Å². The van der Waals surface area contributed by atoms with Crippen molar-refractivity contribution in [3.63, 3.8) is 0 Å². The highest BCUT2D eigenvalue weighted by molar-refractivity contribution is 6.17. The van der Waals surface area contributed by atoms with Gasteiger partial charge in [0.05, 0.1) is 25.8 Å². The normalized spacial score (nSPS) is 14.0. The zero-order valence-corrected chi connectivity index (χ0v) is 11.4. The smallest absolute Gasteiger partial charge is 0.277 e. The molecule has 108 valence electrons. The summed E-state index contributed by atoms with van der Waals surface area (Å²) in [5.41, 5.74) is 1.25. The molecule has 1 aromatic rings. The number of anilines is 1. The zero-order chi connectivity index (χ0) is 15.4. The molecule has 1 aliphatic heterocycles. The number of methoxy groups -OCH3 is 1. The maximum atomic E-state index is 12.0. The van der Waals surface area contributed by atoms with E-state index in [1.54, 1.807) is 18.2 Å². The van der Waals surface area contributed by atoms with Crippen LogP contribution in [0.4, 0.5) is 5.69 Å². The molecule has 0 saturated heterocycles. The standard InChI is InChI=1S/C15H14N2O4/c1-3-10-8-11(4-5-13(10)21-2)16-12-9-14(19)17(6-7-18)15(12)20/h1,4-5,8-9,16,18H,6-7H2,2H3. The van der Waals surface area contributed by atoms with Gasteiger partial charge < -0.3 is 15.2 Å². The first-order valence-corrected chi connectivity index (χ1v) is 6.20. The van der Waals surface area contributed by atoms with E-state index in [0.29, 0.717) is 17.0 Å². The van der Waals surface area contributed by atoms with Gasteiger partial charge in [0.25, 0.3) is 11.8 Å². The van der Waals surface area contributed by atoms with Gasteiger partial charge in [0.15, 0.2) is 0 Å². The molecule has 0 unspecified atom stereocenters. The van der Waals surface area contributed by atoms with Crippen LogP contribution in [0.2, 0.25) is 0 Å². The van der Waals surface area contributed by atoms with Gasteiger partial charge >= 0.3 is 0 Å². The molecular formula is C15H14N2O4. The number of nitrogens with one attached hydrogen (secondary N) is 1. The average Bonchev–Trinajstić information content (AvgIpc) is 2.75. The van der Waals surface area contributed by atoms with Crippen LogP contribution in [0.1, 0.15) is 5.56 Å². The molecule has 2 N–H and O–H groups in total. The van der Waals surface area contributed by atoms with E-state index in [1.165, 1.54) is 13.2 Å². The average molecular weight is 286 g/mol. The number of nitrogens with zero attached hydrogens (tertiary/aromatic N) is 1. The molecule has 0 bridgehead atoms. The van der Waals surface area contributed by atoms with Crippen LogP contribution in [0.5, 0.6) is 5.75 Å². The molecule has 1 heterocycles. The minimum Gasteiger partial charge on any atom is -0.495 e. The Bertz CT molecular complexity index is 658. The van der Waals surface area contributed by atoms with E-state index >= 15 is 0 Å². The van der Waals surface area contributed by atoms with Crippen LogP contribution < -0.4 is 10.1 Å². The number of aliphatic hydroxyl groups excluding tert-OH is 1. The highest BCUT2D eigenvalue weighted by Crippen LogP contribution is 2.24. The molecule has 1 aromatic carbocycles. The van der Waals surface area contributed by atoms with Crippen molar-refractivity contribution in [3.05, 3.63) is 35.5 Å². The maximum Gasteiger partial charge on any atom is 0.277 e. The van der Waals surface area contributed by atoms with E-state index < -0.39 is 11.8 Å². The predicted molar refractivity (Wildman–Crippen MR) is 76.4 cm³/mol. The summed E-state index contributed by atoms with van der Waals surface area (Å²) in [6.45, 7) is -0.306. The number of ether oxygens (including phenoxy) is 1. The first-order chi connectivity index (χ1) is 10.1. The van der Waals surface area contributed by atoms with Gasteiger partial charge in [-0.2, -0.15) is 0 Å². The summed E-state index contributed by atoms with van der Waals surface area (Å²) in [5, 5.41) is 11.7. The van der Waals surface area contributed by atoms with Crippen molar-refractivity contribution in [2.75, 3.05) is 25.6 Å². The molecule has 2 rings (SSSR count). The number of β-amino-alcohol motifs (C(OH)–C–C–N with tert-alkyl or cyclic N) is 1. The minimum atomic E-state index is -0.480. The summed E-state index contributed by atoms with van der Waals surface area (Å²) in [7, 11) is 1.51. The van der Waals surface area contributed by atoms with E-state index in [1.807, 2.05) is 0 Å². The molecule has 6 heteroatoms. The second-order valence-corrected chi connectivity index (χ2v) is 4.26. The molecule has 0 atom stereocenters. The number of terminal acetylenes is 1. The molecule has 0 saturated carbocycles. The third kappa shape index (κ3) is 2.88. The summed E-state index contributed by atoms with van der Waals surface area (Å²) >= 11 is 0. The number of amides is 2. The summed E-state index contributed by atoms with van der Waals surface area (Å²) in [6.07, 6.45) is 6.58. The SMILES string of the molecule is C#Cc1cc(NC2=CC(=O)N(CCO)C2=O)ccc1OC. The van der Waals surface area contributed by atoms with Gasteiger partial charge in [0.2, 0.25) is 0 Å². The Labute approximate surface area is 122 Å². The lowest BCUT2D eigenvalue weighted by molar-refractivity contribution is -0.137. The summed E-state index contributed by atoms with van der Waals surface area (Å²) in [4.78, 5) is 24.6. The predicted octanol–water partition coefficient (Wildman–Crippen LogP) is 0.333. The fourth-order valence-electron chi connectivity index (χ4n) is 1.96. The first kappa shape index (κ1) is 14.6. The Kier molecular flexibility index (Phi) is 4.26. The van der Waals surface area contributed by atoms with Crippen LogP contribution in [0.25, 0.3) is 0 Å². The Morgan fingerprint density at radius 1 is 1.43 bits per heavy atom. The third-order valence-electron chi connectivity index (χ3n) is 2.97. The minimum absolute atomic E-state index is 0.0302. The molecule has 6 nitrogen and oxygen atoms in total. The van der Waals surface area contributed by atoms with Crippen LogP contribution >= 0.6 is 0 Å². The van der Waals surface area contributed by atoms with Crippen molar-refractivity contribution < 1.29 is 19.4 Å². The Balaban J connectivity index is 2.20. The fourth-order valence-corrected chi connectivity index (χ4v) is 1.96. The van der Waals surface area contributed by atoms with Crippen molar-refractivity contribution in [1.29, 1.82) is 0 Å². The van der Waals surface area contributed by atoms with Crippen molar-refractivity contribution in [1.82, 2.24) is 4.90 Å². The molecule has 0 aliphatic carbocycles. The van der Waals surface area contributed by atoms with Crippen LogP contribution in [0, 0.1) is 12.3 Å². The van der Waals surface area contributed by atoms with Crippen molar-refractivity contribution in [2.45, 2.75) is 0 Å². The number of benzene rings is 1. The van der Waals surface area contributed by atoms with Gasteiger partial charge in [-0.05, 0) is 18.2 Å². The van der Waals surface area contributed by atoms with E-state index in [4.69, 9.17) is 16.3 Å². The summed E-state index contributed by atoms with van der Waals surface area (Å²) in [5.74, 6) is 2.09. The van der Waals surface area contributed by atoms with Gasteiger partial charge in [-0.15, -0.1) is 6.42 Å². The lowest BCUT2D eigenvalue weighted by atomic mass is 10.2. The molecule has 1 aliphatic rings. The summed E-state index contributed by atoms with van der Waals surface area (Å²) in [6, 6.07) is 5.00. The topological polar surface area (TPSA) is 78.9 Å². The Hall–Kier alpha value is -2.78. The van der Waals surface area contributed by atoms with Crippen LogP contribution in [0.15, 0.2) is 30.0 Å². The number of hydrogen-bond acceptors (Lipinski definition) is 5. The lowest BCUT2D eigenvalue weighted by Crippen LogP contribution is -2.34. The van der Waals surface area contributed by atoms with Gasteiger partial charge in [-0.25, -0.2) is 0 Å². The van der Waals surface area contributed by atoms with Crippen LogP contribution in [-0.4, -0.2) is 42.1 Å². The maximum absolute atomic E-state index is 12.0. The van der Waals surface area contributed by atoms with E-state index in [0.717, 1.165) is 4.90 Å². The number of rotatable bonds is 5. The number of aliphatic hydroxyl groups is 1. The molecule has 0 aromatic heterocycles. The van der Waals surface area contributed by atoms with Gasteiger partial charge in [-0.3, -0.25) is 14.5 Å². The van der Waals surface area contributed by atoms with Gasteiger partial charge in [0, 0.05) is 11.8 Å². The van der Waals surface area contributed by atoms with Crippen molar-refractivity contribution >= 4 is 17.5 Å². The molecule has 21 heavy (non-hydrogen) atoms. The lowest BCUT2D eigenvalue weighted by Gasteiger charge is -2.13. The van der Waals surface area contributed by atoms with Crippen molar-refractivity contribution in [3.8, 4) is 18.1 Å². The number of carbonyl (C=O) groups is 2. The van der Waals surface area contributed by atoms with Crippen molar-refractivity contribution in [2.24, 2.45) is 0 Å².